The van der Waals surface area contributed by atoms with E-state index in [0.717, 1.165) is 61.7 Å². The Labute approximate surface area is 208 Å². The summed E-state index contributed by atoms with van der Waals surface area (Å²) in [6.07, 6.45) is 2.39. The summed E-state index contributed by atoms with van der Waals surface area (Å²) in [5.41, 5.74) is 9.12. The highest BCUT2D eigenvalue weighted by molar-refractivity contribution is 6.00. The molecule has 6 rings (SSSR count). The highest BCUT2D eigenvalue weighted by Gasteiger charge is 2.35. The van der Waals surface area contributed by atoms with Crippen molar-refractivity contribution in [3.63, 3.8) is 0 Å². The second kappa shape index (κ2) is 8.66. The van der Waals surface area contributed by atoms with Gasteiger partial charge in [0, 0.05) is 58.8 Å². The summed E-state index contributed by atoms with van der Waals surface area (Å²) in [6.45, 7) is 5.55. The van der Waals surface area contributed by atoms with Gasteiger partial charge in [-0.05, 0) is 30.7 Å². The number of amides is 2. The molecule has 3 saturated heterocycles. The maximum Gasteiger partial charge on any atom is 0.329 e. The summed E-state index contributed by atoms with van der Waals surface area (Å²) in [7, 11) is 1.75. The van der Waals surface area contributed by atoms with E-state index in [1.54, 1.807) is 16.2 Å². The van der Waals surface area contributed by atoms with Crippen LogP contribution >= 0.6 is 0 Å². The Balaban J connectivity index is 1.18. The predicted octanol–water partition coefficient (Wildman–Crippen LogP) is 0.306. The van der Waals surface area contributed by atoms with Crippen molar-refractivity contribution in [3.8, 4) is 0 Å². The number of imide groups is 1. The minimum atomic E-state index is -0.677. The first-order valence-electron chi connectivity index (χ1n) is 12.4. The van der Waals surface area contributed by atoms with Crippen LogP contribution in [0.1, 0.15) is 18.9 Å². The van der Waals surface area contributed by atoms with Crippen molar-refractivity contribution < 1.29 is 9.59 Å². The van der Waals surface area contributed by atoms with Crippen molar-refractivity contribution in [2.24, 2.45) is 7.05 Å². The molecule has 0 unspecified atom stereocenters. The van der Waals surface area contributed by atoms with E-state index in [9.17, 15) is 14.4 Å². The van der Waals surface area contributed by atoms with Crippen molar-refractivity contribution in [1.82, 2.24) is 24.3 Å². The number of nitrogens with two attached hydrogens (primary N) is 1. The third-order valence-corrected chi connectivity index (χ3v) is 7.77. The average Bonchev–Trinajstić information content (AvgIpc) is 3.10. The second-order valence-electron chi connectivity index (χ2n) is 9.85. The van der Waals surface area contributed by atoms with Crippen LogP contribution in [-0.2, 0) is 16.6 Å². The van der Waals surface area contributed by atoms with Gasteiger partial charge in [0.15, 0.2) is 0 Å². The third kappa shape index (κ3) is 3.70. The minimum absolute atomic E-state index is 0.230. The van der Waals surface area contributed by atoms with Gasteiger partial charge in [-0.3, -0.25) is 28.9 Å². The first-order valence-corrected chi connectivity index (χ1v) is 12.4. The Morgan fingerprint density at radius 2 is 1.78 bits per heavy atom. The number of rotatable bonds is 4. The van der Waals surface area contributed by atoms with Crippen molar-refractivity contribution >= 4 is 40.0 Å². The van der Waals surface area contributed by atoms with Crippen molar-refractivity contribution in [2.75, 3.05) is 54.8 Å². The number of piperidine rings is 1. The molecule has 36 heavy (non-hydrogen) atoms. The van der Waals surface area contributed by atoms with Crippen LogP contribution in [-0.4, -0.2) is 76.1 Å². The number of pyridine rings is 1. The first kappa shape index (κ1) is 22.6. The SMILES string of the molecule is Cn1c(=O)n([C@@H]2CCC(=O)NC2=O)c2cccc(N3CCN(C4CN(c5ccc(N)nc5)C4)CC3)c21. The number of benzene rings is 1. The highest BCUT2D eigenvalue weighted by atomic mass is 16.2. The lowest BCUT2D eigenvalue weighted by Gasteiger charge is -2.49. The van der Waals surface area contributed by atoms with E-state index in [-0.39, 0.29) is 18.0 Å². The Bertz CT molecular complexity index is 1380. The number of carbonyl (C=O) groups is 2. The molecule has 0 bridgehead atoms. The summed E-state index contributed by atoms with van der Waals surface area (Å²) in [5, 5.41) is 2.37. The molecule has 0 aliphatic carbocycles. The first-order chi connectivity index (χ1) is 17.4. The number of hydrogen-bond acceptors (Lipinski definition) is 8. The van der Waals surface area contributed by atoms with Crippen LogP contribution in [0.4, 0.5) is 17.2 Å². The molecule has 3 N–H and O–H groups in total. The molecule has 3 fully saturated rings. The quantitative estimate of drug-likeness (QED) is 0.501. The van der Waals surface area contributed by atoms with Gasteiger partial charge in [0.05, 0.1) is 28.6 Å². The number of nitrogens with one attached hydrogen (secondary N) is 1. The lowest BCUT2D eigenvalue weighted by molar-refractivity contribution is -0.135. The van der Waals surface area contributed by atoms with Gasteiger partial charge in [-0.15, -0.1) is 0 Å². The number of carbonyl (C=O) groups excluding carboxylic acids is 2. The van der Waals surface area contributed by atoms with Crippen LogP contribution in [0.3, 0.4) is 0 Å². The van der Waals surface area contributed by atoms with E-state index in [1.165, 1.54) is 0 Å². The maximum atomic E-state index is 13.2. The van der Waals surface area contributed by atoms with Crippen LogP contribution in [0.5, 0.6) is 0 Å². The number of imidazole rings is 1. The standard InChI is InChI=1S/C25H30N8O3/c1-29-23-18(3-2-4-19(23)33(25(29)36)20-6-8-22(34)28-24(20)35)31-11-9-30(10-12-31)17-14-32(15-17)16-5-7-21(26)27-13-16/h2-5,7,13,17,20H,6,8-12,14-15H2,1H3,(H2,26,27)(H,28,34,35)/t20-/m1/s1. The maximum absolute atomic E-state index is 13.2. The van der Waals surface area contributed by atoms with E-state index in [4.69, 9.17) is 5.73 Å². The number of hydrogen-bond donors (Lipinski definition) is 2. The average molecular weight is 491 g/mol. The number of aromatic nitrogens is 3. The largest absolute Gasteiger partial charge is 0.384 e. The van der Waals surface area contributed by atoms with Gasteiger partial charge in [-0.25, -0.2) is 9.78 Å². The fourth-order valence-corrected chi connectivity index (χ4v) is 5.71. The van der Waals surface area contributed by atoms with Crippen molar-refractivity contribution in [1.29, 1.82) is 0 Å². The molecule has 0 radical (unpaired) electrons. The molecule has 3 aliphatic rings. The Morgan fingerprint density at radius 1 is 1.00 bits per heavy atom. The van der Waals surface area contributed by atoms with Crippen LogP contribution in [0, 0.1) is 0 Å². The van der Waals surface area contributed by atoms with Gasteiger partial charge in [-0.1, -0.05) is 6.07 Å². The van der Waals surface area contributed by atoms with Gasteiger partial charge in [0.1, 0.15) is 11.9 Å². The molecule has 188 valence electrons. The summed E-state index contributed by atoms with van der Waals surface area (Å²) < 4.78 is 3.18. The van der Waals surface area contributed by atoms with E-state index in [2.05, 4.69) is 25.0 Å². The summed E-state index contributed by atoms with van der Waals surface area (Å²) >= 11 is 0. The number of anilines is 3. The van der Waals surface area contributed by atoms with Crippen LogP contribution in [0.2, 0.25) is 0 Å². The van der Waals surface area contributed by atoms with Gasteiger partial charge in [-0.2, -0.15) is 0 Å². The second-order valence-corrected chi connectivity index (χ2v) is 9.85. The molecule has 5 heterocycles. The zero-order valence-electron chi connectivity index (χ0n) is 20.3. The highest BCUT2D eigenvalue weighted by Crippen LogP contribution is 2.31. The summed E-state index contributed by atoms with van der Waals surface area (Å²) in [4.78, 5) is 48.7. The fourth-order valence-electron chi connectivity index (χ4n) is 5.71. The molecular weight excluding hydrogens is 460 g/mol. The Kier molecular flexibility index (Phi) is 5.44. The zero-order chi connectivity index (χ0) is 25.0. The molecule has 3 aromatic rings. The van der Waals surface area contributed by atoms with Crippen LogP contribution < -0.4 is 26.5 Å². The Hall–Kier alpha value is -3.86. The van der Waals surface area contributed by atoms with E-state index in [0.29, 0.717) is 18.3 Å². The lowest BCUT2D eigenvalue weighted by Crippen LogP contribution is -2.63. The molecule has 2 amide bonds. The van der Waals surface area contributed by atoms with Gasteiger partial charge < -0.3 is 15.5 Å². The molecule has 11 heteroatoms. The van der Waals surface area contributed by atoms with E-state index in [1.807, 2.05) is 36.5 Å². The number of nitrogens with zero attached hydrogens (tertiary/aromatic N) is 6. The van der Waals surface area contributed by atoms with E-state index < -0.39 is 11.9 Å². The van der Waals surface area contributed by atoms with Crippen molar-refractivity contribution in [3.05, 3.63) is 47.0 Å². The Morgan fingerprint density at radius 3 is 2.47 bits per heavy atom. The van der Waals surface area contributed by atoms with E-state index >= 15 is 0 Å². The number of aryl methyl sites for hydroxylation is 1. The van der Waals surface area contributed by atoms with Crippen LogP contribution in [0.25, 0.3) is 11.0 Å². The number of para-hydroxylation sites is 1. The molecule has 3 aliphatic heterocycles. The molecule has 1 atom stereocenters. The predicted molar refractivity (Wildman–Crippen MR) is 137 cm³/mol. The third-order valence-electron chi connectivity index (χ3n) is 7.77. The number of nitrogen functional groups attached to an aromatic ring is 1. The molecule has 11 nitrogen and oxygen atoms in total. The number of piperazine rings is 1. The summed E-state index contributed by atoms with van der Waals surface area (Å²) in [5.74, 6) is -0.168. The zero-order valence-corrected chi connectivity index (χ0v) is 20.3. The molecule has 1 aromatic carbocycles. The monoisotopic (exact) mass is 490 g/mol. The minimum Gasteiger partial charge on any atom is -0.384 e. The smallest absolute Gasteiger partial charge is 0.329 e. The number of fused-ring (bicyclic) bond motifs is 1. The molecular formula is C25H30N8O3. The summed E-state index contributed by atoms with van der Waals surface area (Å²) in [6, 6.07) is 9.56. The lowest BCUT2D eigenvalue weighted by atomic mass is 10.0. The molecule has 2 aromatic heterocycles. The van der Waals surface area contributed by atoms with Crippen LogP contribution in [0.15, 0.2) is 41.3 Å². The molecule has 0 saturated carbocycles. The van der Waals surface area contributed by atoms with Gasteiger partial charge in [0.25, 0.3) is 0 Å². The van der Waals surface area contributed by atoms with Crippen molar-refractivity contribution in [2.45, 2.75) is 24.9 Å². The fraction of sp³-hybridized carbons (Fsp3) is 0.440. The topological polar surface area (TPSA) is 122 Å². The normalized spacial score (nSPS) is 21.6. The molecule has 0 spiro atoms. The van der Waals surface area contributed by atoms with Gasteiger partial charge in [0.2, 0.25) is 11.8 Å². The van der Waals surface area contributed by atoms with Gasteiger partial charge >= 0.3 is 5.69 Å².